The van der Waals surface area contributed by atoms with Crippen LogP contribution in [0.3, 0.4) is 0 Å². The highest BCUT2D eigenvalue weighted by Gasteiger charge is 2.44. The minimum Gasteiger partial charge on any atom is -0.444 e. The summed E-state index contributed by atoms with van der Waals surface area (Å²) in [4.78, 5) is 69.7. The van der Waals surface area contributed by atoms with Gasteiger partial charge in [0.2, 0.25) is 11.8 Å². The highest BCUT2D eigenvalue weighted by Crippen LogP contribution is 2.32. The van der Waals surface area contributed by atoms with E-state index in [-0.39, 0.29) is 24.8 Å². The number of nitrogens with zero attached hydrogens (tertiary/aromatic N) is 4. The molecule has 3 saturated heterocycles. The average Bonchev–Trinajstić information content (AvgIpc) is 3.16. The molecule has 11 heteroatoms. The van der Waals surface area contributed by atoms with E-state index in [1.165, 1.54) is 0 Å². The molecule has 4 aliphatic heterocycles. The second-order valence-corrected chi connectivity index (χ2v) is 12.2. The molecule has 0 aromatic heterocycles. The van der Waals surface area contributed by atoms with Crippen molar-refractivity contribution in [2.24, 2.45) is 5.92 Å². The van der Waals surface area contributed by atoms with Crippen molar-refractivity contribution in [2.45, 2.75) is 64.5 Å². The summed E-state index contributed by atoms with van der Waals surface area (Å²) in [7, 11) is 0. The van der Waals surface area contributed by atoms with Gasteiger partial charge in [0.05, 0.1) is 11.1 Å². The highest BCUT2D eigenvalue weighted by atomic mass is 16.6. The first-order valence-corrected chi connectivity index (χ1v) is 14.3. The maximum atomic E-state index is 13.2. The second kappa shape index (κ2) is 11.2. The first kappa shape index (κ1) is 28.1. The number of piperidine rings is 2. The largest absolute Gasteiger partial charge is 0.444 e. The third-order valence-corrected chi connectivity index (χ3v) is 8.28. The number of amides is 5. The fourth-order valence-corrected chi connectivity index (χ4v) is 5.98. The summed E-state index contributed by atoms with van der Waals surface area (Å²) in [6.45, 7) is 11.5. The lowest BCUT2D eigenvalue weighted by molar-refractivity contribution is -0.136. The van der Waals surface area contributed by atoms with E-state index >= 15 is 0 Å². The third-order valence-electron chi connectivity index (χ3n) is 8.28. The summed E-state index contributed by atoms with van der Waals surface area (Å²) < 4.78 is 5.49. The molecular formula is C29H39N5O6. The number of benzene rings is 1. The van der Waals surface area contributed by atoms with Gasteiger partial charge < -0.3 is 14.5 Å². The maximum Gasteiger partial charge on any atom is 0.410 e. The zero-order chi connectivity index (χ0) is 28.6. The Labute approximate surface area is 234 Å². The van der Waals surface area contributed by atoms with E-state index in [0.29, 0.717) is 30.1 Å². The van der Waals surface area contributed by atoms with Gasteiger partial charge in [0.15, 0.2) is 0 Å². The normalized spacial score (nSPS) is 23.0. The summed E-state index contributed by atoms with van der Waals surface area (Å²) in [5.41, 5.74) is 1.05. The summed E-state index contributed by atoms with van der Waals surface area (Å²) >= 11 is 0. The molecule has 0 spiro atoms. The number of piperazine rings is 1. The van der Waals surface area contributed by atoms with E-state index < -0.39 is 29.4 Å². The predicted molar refractivity (Wildman–Crippen MR) is 147 cm³/mol. The topological polar surface area (TPSA) is 120 Å². The molecule has 0 aliphatic carbocycles. The van der Waals surface area contributed by atoms with E-state index in [4.69, 9.17) is 4.74 Å². The lowest BCUT2D eigenvalue weighted by Gasteiger charge is -2.37. The maximum absolute atomic E-state index is 13.2. The number of hydrogen-bond donors (Lipinski definition) is 1. The molecule has 4 aliphatic rings. The van der Waals surface area contributed by atoms with Crippen LogP contribution in [0.1, 0.15) is 73.6 Å². The van der Waals surface area contributed by atoms with Crippen LogP contribution < -0.4 is 10.2 Å². The number of nitrogens with one attached hydrogen (secondary N) is 1. The molecule has 216 valence electrons. The molecule has 1 atom stereocenters. The number of rotatable bonds is 5. The summed E-state index contributed by atoms with van der Waals surface area (Å²) in [6, 6.07) is 4.37. The quantitative estimate of drug-likeness (QED) is 0.552. The number of ether oxygens (including phenoxy) is 1. The van der Waals surface area contributed by atoms with E-state index in [2.05, 4.69) is 15.1 Å². The van der Waals surface area contributed by atoms with Gasteiger partial charge in [-0.1, -0.05) is 0 Å². The molecule has 1 unspecified atom stereocenters. The molecule has 3 fully saturated rings. The van der Waals surface area contributed by atoms with Gasteiger partial charge in [0, 0.05) is 51.4 Å². The Balaban J connectivity index is 1.10. The first-order valence-electron chi connectivity index (χ1n) is 14.3. The number of anilines is 1. The summed E-state index contributed by atoms with van der Waals surface area (Å²) in [5, 5.41) is 2.23. The van der Waals surface area contributed by atoms with Gasteiger partial charge in [-0.25, -0.2) is 4.79 Å². The third kappa shape index (κ3) is 5.99. The Morgan fingerprint density at radius 3 is 2.25 bits per heavy atom. The predicted octanol–water partition coefficient (Wildman–Crippen LogP) is 2.25. The van der Waals surface area contributed by atoms with Crippen LogP contribution in [0.5, 0.6) is 0 Å². The van der Waals surface area contributed by atoms with Crippen molar-refractivity contribution in [1.29, 1.82) is 0 Å². The SMILES string of the molecule is CC(C)(C)OC(=O)N1CCN(CCC2CCN(c3ccc4c(c3)C(=O)N(C3CCC(=O)NC3=O)C4=O)CC2)CC1. The molecule has 5 amide bonds. The van der Waals surface area contributed by atoms with Crippen molar-refractivity contribution in [3.05, 3.63) is 29.3 Å². The monoisotopic (exact) mass is 553 g/mol. The van der Waals surface area contributed by atoms with Crippen LogP contribution in [0.25, 0.3) is 0 Å². The van der Waals surface area contributed by atoms with Crippen molar-refractivity contribution in [1.82, 2.24) is 20.0 Å². The lowest BCUT2D eigenvalue weighted by atomic mass is 9.92. The van der Waals surface area contributed by atoms with Crippen molar-refractivity contribution < 1.29 is 28.7 Å². The van der Waals surface area contributed by atoms with Crippen LogP contribution in [0.4, 0.5) is 10.5 Å². The Morgan fingerprint density at radius 1 is 0.925 bits per heavy atom. The van der Waals surface area contributed by atoms with Crippen LogP contribution in [-0.4, -0.2) is 102 Å². The Kier molecular flexibility index (Phi) is 7.85. The molecule has 5 rings (SSSR count). The molecule has 11 nitrogen and oxygen atoms in total. The number of carbonyl (C=O) groups excluding carboxylic acids is 5. The fraction of sp³-hybridized carbons (Fsp3) is 0.621. The van der Waals surface area contributed by atoms with Crippen LogP contribution in [0.2, 0.25) is 0 Å². The van der Waals surface area contributed by atoms with Crippen molar-refractivity contribution in [3.8, 4) is 0 Å². The molecule has 0 bridgehead atoms. The van der Waals surface area contributed by atoms with Gasteiger partial charge in [-0.2, -0.15) is 0 Å². The zero-order valence-electron chi connectivity index (χ0n) is 23.6. The van der Waals surface area contributed by atoms with E-state index in [0.717, 1.165) is 62.6 Å². The van der Waals surface area contributed by atoms with Gasteiger partial charge in [-0.3, -0.25) is 34.3 Å². The molecular weight excluding hydrogens is 514 g/mol. The molecule has 4 heterocycles. The number of carbonyl (C=O) groups is 5. The van der Waals surface area contributed by atoms with E-state index in [9.17, 15) is 24.0 Å². The van der Waals surface area contributed by atoms with E-state index in [1.54, 1.807) is 17.0 Å². The minimum absolute atomic E-state index is 0.103. The van der Waals surface area contributed by atoms with Crippen LogP contribution in [0.15, 0.2) is 18.2 Å². The van der Waals surface area contributed by atoms with Gasteiger partial charge >= 0.3 is 6.09 Å². The molecule has 40 heavy (non-hydrogen) atoms. The number of hydrogen-bond acceptors (Lipinski definition) is 8. The van der Waals surface area contributed by atoms with Crippen LogP contribution in [-0.2, 0) is 14.3 Å². The molecule has 1 aromatic rings. The smallest absolute Gasteiger partial charge is 0.410 e. The van der Waals surface area contributed by atoms with Crippen molar-refractivity contribution in [2.75, 3.05) is 50.7 Å². The average molecular weight is 554 g/mol. The second-order valence-electron chi connectivity index (χ2n) is 12.2. The van der Waals surface area contributed by atoms with Gasteiger partial charge in [0.1, 0.15) is 11.6 Å². The Hall–Kier alpha value is -3.47. The number of fused-ring (bicyclic) bond motifs is 1. The summed E-state index contributed by atoms with van der Waals surface area (Å²) in [6.07, 6.45) is 3.22. The number of imide groups is 2. The van der Waals surface area contributed by atoms with Crippen molar-refractivity contribution in [3.63, 3.8) is 0 Å². The fourth-order valence-electron chi connectivity index (χ4n) is 5.98. The lowest BCUT2D eigenvalue weighted by Crippen LogP contribution is -2.54. The van der Waals surface area contributed by atoms with Gasteiger partial charge in [0.25, 0.3) is 11.8 Å². The molecule has 0 radical (unpaired) electrons. The van der Waals surface area contributed by atoms with Crippen LogP contribution >= 0.6 is 0 Å². The Morgan fingerprint density at radius 2 is 1.60 bits per heavy atom. The van der Waals surface area contributed by atoms with Crippen LogP contribution in [0, 0.1) is 5.92 Å². The van der Waals surface area contributed by atoms with E-state index in [1.807, 2.05) is 26.8 Å². The molecule has 1 aromatic carbocycles. The highest BCUT2D eigenvalue weighted by molar-refractivity contribution is 6.23. The Bertz CT molecular complexity index is 1190. The standard InChI is InChI=1S/C29H39N5O6/c1-29(2,3)40-28(39)33-16-14-31(15-17-33)11-8-19-9-12-32(13-10-19)20-4-5-21-22(18-20)27(38)34(26(21)37)23-6-7-24(35)30-25(23)36/h4-5,18-19,23H,6-17H2,1-3H3,(H,30,35,36). The summed E-state index contributed by atoms with van der Waals surface area (Å²) in [5.74, 6) is -1.33. The van der Waals surface area contributed by atoms with Gasteiger partial charge in [-0.15, -0.1) is 0 Å². The molecule has 0 saturated carbocycles. The minimum atomic E-state index is -0.954. The first-order chi connectivity index (χ1) is 19.0. The van der Waals surface area contributed by atoms with Crippen molar-refractivity contribution >= 4 is 35.4 Å². The zero-order valence-corrected chi connectivity index (χ0v) is 23.6. The van der Waals surface area contributed by atoms with Gasteiger partial charge in [-0.05, 0) is 77.1 Å². The molecule has 1 N–H and O–H groups in total.